The number of carbonyl (C=O) groups is 2. The van der Waals surface area contributed by atoms with E-state index in [0.717, 1.165) is 4.90 Å². The molecule has 0 aliphatic carbocycles. The highest BCUT2D eigenvalue weighted by molar-refractivity contribution is 8.01. The number of hydrogen-bond donors (Lipinski definition) is 2. The first-order valence-corrected chi connectivity index (χ1v) is 10.5. The van der Waals surface area contributed by atoms with Crippen molar-refractivity contribution in [2.75, 3.05) is 31.3 Å². The predicted molar refractivity (Wildman–Crippen MR) is 96.6 cm³/mol. The summed E-state index contributed by atoms with van der Waals surface area (Å²) in [5, 5.41) is 5.16. The third-order valence-corrected chi connectivity index (χ3v) is 6.58. The summed E-state index contributed by atoms with van der Waals surface area (Å²) >= 11 is 1.39. The van der Waals surface area contributed by atoms with Crippen LogP contribution in [0.2, 0.25) is 0 Å². The van der Waals surface area contributed by atoms with Crippen LogP contribution in [0.5, 0.6) is 0 Å². The Morgan fingerprint density at radius 2 is 2.16 bits per heavy atom. The number of ether oxygens (including phenoxy) is 1. The normalized spacial score (nSPS) is 16.9. The maximum Gasteiger partial charge on any atom is 0.237 e. The molecule has 1 unspecified atom stereocenters. The van der Waals surface area contributed by atoms with Crippen molar-refractivity contribution in [3.63, 3.8) is 0 Å². The van der Waals surface area contributed by atoms with Gasteiger partial charge in [0.1, 0.15) is 0 Å². The summed E-state index contributed by atoms with van der Waals surface area (Å²) in [4.78, 5) is 24.4. The molecule has 2 rings (SSSR count). The van der Waals surface area contributed by atoms with Crippen LogP contribution < -0.4 is 10.6 Å². The van der Waals surface area contributed by atoms with Gasteiger partial charge < -0.3 is 15.4 Å². The summed E-state index contributed by atoms with van der Waals surface area (Å²) in [6.07, 6.45) is 0.570. The number of methoxy groups -OCH3 is 1. The lowest BCUT2D eigenvalue weighted by atomic mass is 10.3. The molecular formula is C16H22N2O5S2. The van der Waals surface area contributed by atoms with E-state index in [1.165, 1.54) is 23.9 Å². The van der Waals surface area contributed by atoms with Crippen LogP contribution in [0.15, 0.2) is 28.0 Å². The second-order valence-electron chi connectivity index (χ2n) is 5.67. The summed E-state index contributed by atoms with van der Waals surface area (Å²) in [7, 11) is -2.02. The molecule has 1 atom stereocenters. The van der Waals surface area contributed by atoms with Crippen LogP contribution in [0, 0.1) is 0 Å². The summed E-state index contributed by atoms with van der Waals surface area (Å²) in [6, 6.07) is 4.66. The second-order valence-corrected chi connectivity index (χ2v) is 9.16. The minimum atomic E-state index is -3.60. The molecule has 0 saturated carbocycles. The number of fused-ring (bicyclic) bond motifs is 1. The van der Waals surface area contributed by atoms with Crippen LogP contribution >= 0.6 is 11.8 Å². The van der Waals surface area contributed by atoms with Crippen LogP contribution in [0.25, 0.3) is 0 Å². The minimum Gasteiger partial charge on any atom is -0.385 e. The second kappa shape index (κ2) is 8.68. The molecule has 2 N–H and O–H groups in total. The van der Waals surface area contributed by atoms with Crippen LogP contribution in [0.1, 0.15) is 19.8 Å². The van der Waals surface area contributed by atoms with E-state index in [1.54, 1.807) is 20.1 Å². The van der Waals surface area contributed by atoms with Gasteiger partial charge in [0.25, 0.3) is 0 Å². The van der Waals surface area contributed by atoms with E-state index in [1.807, 2.05) is 0 Å². The fraction of sp³-hybridized carbons (Fsp3) is 0.500. The van der Waals surface area contributed by atoms with E-state index in [2.05, 4.69) is 10.6 Å². The van der Waals surface area contributed by atoms with E-state index >= 15 is 0 Å². The maximum atomic E-state index is 12.4. The van der Waals surface area contributed by atoms with E-state index < -0.39 is 9.84 Å². The molecule has 1 aliphatic heterocycles. The lowest BCUT2D eigenvalue weighted by Gasteiger charge is -2.21. The molecule has 0 spiro atoms. The first-order valence-electron chi connectivity index (χ1n) is 7.93. The number of sulfone groups is 1. The molecule has 0 radical (unpaired) electrons. The summed E-state index contributed by atoms with van der Waals surface area (Å²) < 4.78 is 29.7. The number of amides is 2. The number of rotatable bonds is 8. The van der Waals surface area contributed by atoms with Gasteiger partial charge in [0.2, 0.25) is 11.8 Å². The highest BCUT2D eigenvalue weighted by atomic mass is 32.2. The number of hydrogen-bond acceptors (Lipinski definition) is 6. The smallest absolute Gasteiger partial charge is 0.237 e. The first kappa shape index (κ1) is 19.7. The van der Waals surface area contributed by atoms with Crippen LogP contribution in [-0.2, 0) is 24.2 Å². The number of nitrogens with one attached hydrogen (secondary N) is 2. The molecule has 1 aromatic carbocycles. The Bertz CT molecular complexity index is 749. The van der Waals surface area contributed by atoms with Gasteiger partial charge in [0.05, 0.1) is 21.6 Å². The summed E-state index contributed by atoms with van der Waals surface area (Å²) in [5.74, 6) is -0.739. The molecule has 9 heteroatoms. The third kappa shape index (κ3) is 5.45. The molecule has 25 heavy (non-hydrogen) atoms. The Kier molecular flexibility index (Phi) is 6.86. The molecule has 1 aliphatic rings. The zero-order valence-corrected chi connectivity index (χ0v) is 15.8. The predicted octanol–water partition coefficient (Wildman–Crippen LogP) is 1.44. The highest BCUT2D eigenvalue weighted by Crippen LogP contribution is 2.36. The largest absolute Gasteiger partial charge is 0.385 e. The number of carbonyl (C=O) groups excluding carboxylic acids is 2. The molecule has 138 valence electrons. The van der Waals surface area contributed by atoms with Crippen molar-refractivity contribution in [1.82, 2.24) is 5.32 Å². The van der Waals surface area contributed by atoms with Crippen LogP contribution in [0.4, 0.5) is 5.69 Å². The Hall–Kier alpha value is -1.58. The third-order valence-electron chi connectivity index (χ3n) is 3.69. The molecule has 2 amide bonds. The fourth-order valence-electron chi connectivity index (χ4n) is 2.26. The molecule has 7 nitrogen and oxygen atoms in total. The van der Waals surface area contributed by atoms with Gasteiger partial charge >= 0.3 is 0 Å². The molecule has 0 fully saturated rings. The highest BCUT2D eigenvalue weighted by Gasteiger charge is 2.25. The van der Waals surface area contributed by atoms with Crippen molar-refractivity contribution in [1.29, 1.82) is 0 Å². The van der Waals surface area contributed by atoms with E-state index in [0.29, 0.717) is 25.3 Å². The fourth-order valence-corrected chi connectivity index (χ4v) is 4.45. The summed E-state index contributed by atoms with van der Waals surface area (Å²) in [5.41, 5.74) is 0.498. The van der Waals surface area contributed by atoms with Gasteiger partial charge in [-0.05, 0) is 31.5 Å². The first-order chi connectivity index (χ1) is 11.8. The zero-order chi connectivity index (χ0) is 18.4. The summed E-state index contributed by atoms with van der Waals surface area (Å²) in [6.45, 7) is 2.78. The average molecular weight is 386 g/mol. The van der Waals surface area contributed by atoms with Gasteiger partial charge in [-0.2, -0.15) is 0 Å². The molecule has 0 saturated heterocycles. The van der Waals surface area contributed by atoms with Gasteiger partial charge in [-0.1, -0.05) is 0 Å². The van der Waals surface area contributed by atoms with Gasteiger partial charge in [-0.3, -0.25) is 9.59 Å². The van der Waals surface area contributed by atoms with E-state index in [4.69, 9.17) is 4.74 Å². The van der Waals surface area contributed by atoms with Crippen molar-refractivity contribution in [2.24, 2.45) is 0 Å². The van der Waals surface area contributed by atoms with Gasteiger partial charge in [-0.15, -0.1) is 11.8 Å². The Labute approximate surface area is 151 Å². The molecule has 1 aromatic rings. The standard InChI is InChI=1S/C16H22N2O5S2/c1-11-16(20)18-13-10-12(4-5-14(13)24-11)25(21,22)9-6-15(19)17-7-3-8-23-2/h4-5,10-11H,3,6-9H2,1-2H3,(H,17,19)(H,18,20). The lowest BCUT2D eigenvalue weighted by Crippen LogP contribution is -2.27. The van der Waals surface area contributed by atoms with Crippen molar-refractivity contribution >= 4 is 39.1 Å². The van der Waals surface area contributed by atoms with Crippen molar-refractivity contribution in [3.05, 3.63) is 18.2 Å². The van der Waals surface area contributed by atoms with Crippen LogP contribution in [0.3, 0.4) is 0 Å². The van der Waals surface area contributed by atoms with Crippen LogP contribution in [-0.4, -0.2) is 51.5 Å². The maximum absolute atomic E-state index is 12.4. The lowest BCUT2D eigenvalue weighted by molar-refractivity contribution is -0.120. The zero-order valence-electron chi connectivity index (χ0n) is 14.2. The molecule has 1 heterocycles. The van der Waals surface area contributed by atoms with Gasteiger partial charge in [-0.25, -0.2) is 8.42 Å². The SMILES string of the molecule is COCCCNC(=O)CCS(=O)(=O)c1ccc2c(c1)NC(=O)C(C)S2. The molecule has 0 aromatic heterocycles. The monoisotopic (exact) mass is 386 g/mol. The molecule has 0 bridgehead atoms. The van der Waals surface area contributed by atoms with E-state index in [9.17, 15) is 18.0 Å². The number of anilines is 1. The van der Waals surface area contributed by atoms with E-state index in [-0.39, 0.29) is 34.1 Å². The topological polar surface area (TPSA) is 102 Å². The Morgan fingerprint density at radius 1 is 1.40 bits per heavy atom. The van der Waals surface area contributed by atoms with Gasteiger partial charge in [0.15, 0.2) is 9.84 Å². The van der Waals surface area contributed by atoms with Crippen molar-refractivity contribution in [3.8, 4) is 0 Å². The van der Waals surface area contributed by atoms with Crippen molar-refractivity contribution < 1.29 is 22.7 Å². The van der Waals surface area contributed by atoms with Gasteiger partial charge in [0, 0.05) is 31.6 Å². The van der Waals surface area contributed by atoms with Crippen molar-refractivity contribution in [2.45, 2.75) is 34.8 Å². The number of benzene rings is 1. The quantitative estimate of drug-likeness (QED) is 0.656. The Morgan fingerprint density at radius 3 is 2.88 bits per heavy atom. The molecular weight excluding hydrogens is 364 g/mol. The number of thioether (sulfide) groups is 1. The average Bonchev–Trinajstić information content (AvgIpc) is 2.57. The Balaban J connectivity index is 1.97. The minimum absolute atomic E-state index is 0.105.